The summed E-state index contributed by atoms with van der Waals surface area (Å²) in [6, 6.07) is 0. The number of hydrogen-bond donors (Lipinski definition) is 5. The van der Waals surface area contributed by atoms with Gasteiger partial charge in [-0.05, 0) is 0 Å². The van der Waals surface area contributed by atoms with Gasteiger partial charge in [-0.25, -0.2) is 0 Å². The van der Waals surface area contributed by atoms with Crippen LogP contribution >= 0.6 is 0 Å². The highest BCUT2D eigenvalue weighted by molar-refractivity contribution is 5.86. The van der Waals surface area contributed by atoms with Crippen LogP contribution in [0.5, 0.6) is 0 Å². The van der Waals surface area contributed by atoms with Gasteiger partial charge in [0, 0.05) is 6.54 Å². The lowest BCUT2D eigenvalue weighted by Crippen LogP contribution is -2.47. The number of aliphatic hydroxyl groups excluding tert-OH is 5. The number of Topliss-reactive ketones (excluding diaryl/α,β-unsaturated/α-hetero) is 1. The van der Waals surface area contributed by atoms with Crippen molar-refractivity contribution in [3.63, 3.8) is 0 Å². The molecule has 0 aromatic heterocycles. The van der Waals surface area contributed by atoms with Gasteiger partial charge in [-0.3, -0.25) is 9.59 Å². The zero-order chi connectivity index (χ0) is 13.4. The molecule has 5 N–H and O–H groups in total. The lowest BCUT2D eigenvalue weighted by molar-refractivity contribution is -0.143. The van der Waals surface area contributed by atoms with Crippen molar-refractivity contribution in [3.8, 4) is 0 Å². The van der Waals surface area contributed by atoms with Crippen molar-refractivity contribution >= 4 is 12.2 Å². The van der Waals surface area contributed by atoms with Crippen molar-refractivity contribution in [2.75, 3.05) is 26.3 Å². The Morgan fingerprint density at radius 3 is 2.24 bits per heavy atom. The van der Waals surface area contributed by atoms with E-state index < -0.39 is 37.2 Å². The lowest BCUT2D eigenvalue weighted by atomic mass is 10.0. The molecule has 0 heterocycles. The molecule has 0 saturated heterocycles. The molecule has 3 atom stereocenters. The van der Waals surface area contributed by atoms with E-state index in [1.165, 1.54) is 0 Å². The summed E-state index contributed by atoms with van der Waals surface area (Å²) in [7, 11) is 0. The second kappa shape index (κ2) is 8.09. The molecule has 0 bridgehead atoms. The minimum atomic E-state index is -1.90. The van der Waals surface area contributed by atoms with Crippen molar-refractivity contribution < 1.29 is 35.1 Å². The zero-order valence-corrected chi connectivity index (χ0v) is 9.14. The molecule has 0 aromatic carbocycles. The first-order valence-corrected chi connectivity index (χ1v) is 4.95. The normalized spacial score (nSPS) is 16.1. The maximum Gasteiger partial charge on any atom is 0.210 e. The fourth-order valence-corrected chi connectivity index (χ4v) is 1.10. The molecule has 0 rings (SSSR count). The zero-order valence-electron chi connectivity index (χ0n) is 9.14. The molecule has 0 fully saturated rings. The largest absolute Gasteiger partial charge is 0.395 e. The van der Waals surface area contributed by atoms with Crippen LogP contribution in [-0.2, 0) is 9.59 Å². The Balaban J connectivity index is 4.34. The highest BCUT2D eigenvalue weighted by Crippen LogP contribution is 2.02. The predicted octanol–water partition coefficient (Wildman–Crippen LogP) is -3.92. The van der Waals surface area contributed by atoms with Gasteiger partial charge in [0.25, 0.3) is 0 Å². The van der Waals surface area contributed by atoms with Crippen molar-refractivity contribution in [3.05, 3.63) is 0 Å². The molecule has 0 aliphatic carbocycles. The number of nitrogens with zero attached hydrogens (tertiary/aromatic N) is 1. The second-order valence-corrected chi connectivity index (χ2v) is 3.45. The molecule has 0 aromatic rings. The third-order valence-corrected chi connectivity index (χ3v) is 2.13. The van der Waals surface area contributed by atoms with Crippen LogP contribution in [0.25, 0.3) is 0 Å². The SMILES string of the molecule is O=CN(CCO)CC(=O)[C@@H](O)[C@H](O)C(O)CO. The molecule has 8 heteroatoms. The van der Waals surface area contributed by atoms with Crippen LogP contribution in [0.4, 0.5) is 0 Å². The van der Waals surface area contributed by atoms with Crippen LogP contribution in [0, 0.1) is 0 Å². The minimum Gasteiger partial charge on any atom is -0.395 e. The number of hydrogen-bond acceptors (Lipinski definition) is 7. The minimum absolute atomic E-state index is 0.0827. The van der Waals surface area contributed by atoms with E-state index in [-0.39, 0.29) is 13.2 Å². The maximum absolute atomic E-state index is 11.4. The van der Waals surface area contributed by atoms with Gasteiger partial charge in [-0.15, -0.1) is 0 Å². The number of rotatable bonds is 9. The van der Waals surface area contributed by atoms with Gasteiger partial charge in [0.15, 0.2) is 5.78 Å². The van der Waals surface area contributed by atoms with E-state index in [9.17, 15) is 19.8 Å². The number of ketones is 1. The molecular weight excluding hydrogens is 234 g/mol. The molecule has 0 saturated carbocycles. The predicted molar refractivity (Wildman–Crippen MR) is 54.8 cm³/mol. The summed E-state index contributed by atoms with van der Waals surface area (Å²) >= 11 is 0. The van der Waals surface area contributed by atoms with E-state index in [2.05, 4.69) is 0 Å². The molecule has 1 amide bonds. The summed E-state index contributed by atoms with van der Waals surface area (Å²) in [6.45, 7) is -1.73. The number of carbonyl (C=O) groups excluding carboxylic acids is 2. The molecule has 0 aliphatic rings. The summed E-state index contributed by atoms with van der Waals surface area (Å²) in [5.74, 6) is -0.898. The maximum atomic E-state index is 11.4. The van der Waals surface area contributed by atoms with Crippen LogP contribution in [0.1, 0.15) is 0 Å². The third-order valence-electron chi connectivity index (χ3n) is 2.13. The Kier molecular flexibility index (Phi) is 7.59. The van der Waals surface area contributed by atoms with Crippen LogP contribution in [0.3, 0.4) is 0 Å². The molecule has 0 aliphatic heterocycles. The van der Waals surface area contributed by atoms with Gasteiger partial charge < -0.3 is 30.4 Å². The summed E-state index contributed by atoms with van der Waals surface area (Å²) in [6.07, 6.45) is -5.06. The molecule has 100 valence electrons. The van der Waals surface area contributed by atoms with Gasteiger partial charge in [0.05, 0.1) is 19.8 Å². The van der Waals surface area contributed by atoms with Crippen molar-refractivity contribution in [2.45, 2.75) is 18.3 Å². The number of carbonyl (C=O) groups is 2. The molecular formula is C9H17NO7. The first kappa shape index (κ1) is 15.9. The van der Waals surface area contributed by atoms with E-state index in [0.717, 1.165) is 4.90 Å². The summed E-state index contributed by atoms with van der Waals surface area (Å²) < 4.78 is 0. The summed E-state index contributed by atoms with van der Waals surface area (Å²) in [4.78, 5) is 22.7. The van der Waals surface area contributed by atoms with Crippen molar-refractivity contribution in [1.82, 2.24) is 4.90 Å². The van der Waals surface area contributed by atoms with Crippen molar-refractivity contribution in [1.29, 1.82) is 0 Å². The van der Waals surface area contributed by atoms with Crippen LogP contribution in [0.15, 0.2) is 0 Å². The van der Waals surface area contributed by atoms with E-state index in [4.69, 9.17) is 15.3 Å². The Labute approximate surface area is 97.7 Å². The fraction of sp³-hybridized carbons (Fsp3) is 0.778. The Hall–Kier alpha value is -1.06. The fourth-order valence-electron chi connectivity index (χ4n) is 1.10. The molecule has 1 unspecified atom stereocenters. The number of aliphatic hydroxyl groups is 5. The highest BCUT2D eigenvalue weighted by atomic mass is 16.4. The first-order chi connectivity index (χ1) is 7.97. The van der Waals surface area contributed by atoms with Crippen LogP contribution in [-0.4, -0.2) is 87.2 Å². The lowest BCUT2D eigenvalue weighted by Gasteiger charge is -2.22. The molecule has 17 heavy (non-hydrogen) atoms. The first-order valence-electron chi connectivity index (χ1n) is 4.95. The van der Waals surface area contributed by atoms with Gasteiger partial charge in [-0.1, -0.05) is 0 Å². The summed E-state index contributed by atoms with van der Waals surface area (Å²) in [5, 5.41) is 44.6. The van der Waals surface area contributed by atoms with Gasteiger partial charge >= 0.3 is 0 Å². The van der Waals surface area contributed by atoms with Crippen LogP contribution in [0.2, 0.25) is 0 Å². The van der Waals surface area contributed by atoms with E-state index in [0.29, 0.717) is 6.41 Å². The van der Waals surface area contributed by atoms with E-state index in [1.807, 2.05) is 0 Å². The second-order valence-electron chi connectivity index (χ2n) is 3.45. The van der Waals surface area contributed by atoms with E-state index >= 15 is 0 Å². The van der Waals surface area contributed by atoms with Crippen molar-refractivity contribution in [2.24, 2.45) is 0 Å². The third kappa shape index (κ3) is 5.20. The van der Waals surface area contributed by atoms with Gasteiger partial charge in [0.2, 0.25) is 6.41 Å². The monoisotopic (exact) mass is 251 g/mol. The molecule has 0 radical (unpaired) electrons. The quantitative estimate of drug-likeness (QED) is 0.264. The summed E-state index contributed by atoms with van der Waals surface area (Å²) in [5.41, 5.74) is 0. The Morgan fingerprint density at radius 2 is 1.82 bits per heavy atom. The molecule has 0 spiro atoms. The van der Waals surface area contributed by atoms with Gasteiger partial charge in [0.1, 0.15) is 18.3 Å². The van der Waals surface area contributed by atoms with Crippen LogP contribution < -0.4 is 0 Å². The van der Waals surface area contributed by atoms with E-state index in [1.54, 1.807) is 0 Å². The average molecular weight is 251 g/mol. The highest BCUT2D eigenvalue weighted by Gasteiger charge is 2.30. The van der Waals surface area contributed by atoms with Gasteiger partial charge in [-0.2, -0.15) is 0 Å². The Bertz CT molecular complexity index is 247. The number of amides is 1. The topological polar surface area (TPSA) is 139 Å². The smallest absolute Gasteiger partial charge is 0.210 e. The standard InChI is InChI=1S/C9H17NO7/c11-2-1-10(5-13)3-6(14)8(16)9(17)7(15)4-12/h5,7-9,11-12,15-17H,1-4H2/t7?,8-,9-/m1/s1. The Morgan fingerprint density at radius 1 is 1.24 bits per heavy atom. The molecule has 8 nitrogen and oxygen atoms in total. The average Bonchev–Trinajstić information content (AvgIpc) is 2.35.